The maximum Gasteiger partial charge on any atom is 0.409 e. The lowest BCUT2D eigenvalue weighted by atomic mass is 10.2. The summed E-state index contributed by atoms with van der Waals surface area (Å²) in [6.45, 7) is 5.36. The second-order valence-electron chi connectivity index (χ2n) is 9.01. The molecular weight excluding hydrogens is 527 g/mol. The first kappa shape index (κ1) is 30.0. The van der Waals surface area contributed by atoms with Crippen LogP contribution < -0.4 is 10.6 Å². The van der Waals surface area contributed by atoms with E-state index in [1.54, 1.807) is 24.3 Å². The Hall–Kier alpha value is -3.54. The fourth-order valence-electron chi connectivity index (χ4n) is 3.93. The van der Waals surface area contributed by atoms with Gasteiger partial charge < -0.3 is 35.0 Å². The first-order valence-electron chi connectivity index (χ1n) is 12.9. The number of anilines is 1. The highest BCUT2D eigenvalue weighted by Gasteiger charge is 2.35. The van der Waals surface area contributed by atoms with E-state index in [-0.39, 0.29) is 37.7 Å². The highest BCUT2D eigenvalue weighted by molar-refractivity contribution is 7.51. The van der Waals surface area contributed by atoms with Gasteiger partial charge >= 0.3 is 13.7 Å². The quantitative estimate of drug-likeness (QED) is 0.234. The van der Waals surface area contributed by atoms with Gasteiger partial charge in [0.2, 0.25) is 5.91 Å². The molecule has 2 aromatic rings. The zero-order chi connectivity index (χ0) is 28.4. The van der Waals surface area contributed by atoms with Crippen molar-refractivity contribution in [1.82, 2.24) is 25.1 Å². The molecule has 1 atom stereocenters. The molecule has 1 fully saturated rings. The van der Waals surface area contributed by atoms with E-state index in [2.05, 4.69) is 20.6 Å². The van der Waals surface area contributed by atoms with Crippen LogP contribution in [0.5, 0.6) is 0 Å². The number of nitrogens with zero attached hydrogens (tertiary/aromatic N) is 4. The van der Waals surface area contributed by atoms with Gasteiger partial charge in [0.25, 0.3) is 5.91 Å². The molecule has 1 saturated heterocycles. The molecule has 0 spiro atoms. The van der Waals surface area contributed by atoms with E-state index in [9.17, 15) is 28.7 Å². The molecule has 2 heterocycles. The van der Waals surface area contributed by atoms with Gasteiger partial charge in [-0.15, -0.1) is 0 Å². The lowest BCUT2D eigenvalue weighted by Crippen LogP contribution is -2.56. The number of nitrogens with one attached hydrogen (secondary N) is 2. The molecule has 3 amide bonds. The highest BCUT2D eigenvalue weighted by Crippen LogP contribution is 2.35. The highest BCUT2D eigenvalue weighted by atomic mass is 31.2. The molecular formula is C25H35N6O7P. The predicted octanol–water partition coefficient (Wildman–Crippen LogP) is 1.93. The number of hydrogen-bond donors (Lipinski definition) is 4. The Bertz CT molecular complexity index is 1180. The number of benzene rings is 1. The minimum atomic E-state index is -4.69. The molecule has 1 unspecified atom stereocenters. The summed E-state index contributed by atoms with van der Waals surface area (Å²) in [4.78, 5) is 69.5. The fraction of sp³-hybridized carbons (Fsp3) is 0.480. The number of carbonyl (C=O) groups is 3. The maximum atomic E-state index is 13.3. The van der Waals surface area contributed by atoms with Crippen molar-refractivity contribution in [3.05, 3.63) is 42.1 Å². The van der Waals surface area contributed by atoms with E-state index in [1.165, 1.54) is 15.9 Å². The predicted molar refractivity (Wildman–Crippen MR) is 144 cm³/mol. The van der Waals surface area contributed by atoms with Gasteiger partial charge in [0.15, 0.2) is 5.82 Å². The van der Waals surface area contributed by atoms with Gasteiger partial charge in [0.05, 0.1) is 12.8 Å². The number of ether oxygens (including phenoxy) is 1. The summed E-state index contributed by atoms with van der Waals surface area (Å²) in [5.41, 5.74) is 0.600. The molecule has 0 saturated carbocycles. The van der Waals surface area contributed by atoms with Gasteiger partial charge in [-0.05, 0) is 13.3 Å². The first-order chi connectivity index (χ1) is 18.6. The first-order valence-corrected chi connectivity index (χ1v) is 14.6. The fourth-order valence-corrected chi connectivity index (χ4v) is 4.66. The minimum Gasteiger partial charge on any atom is -0.449 e. The zero-order valence-corrected chi connectivity index (χ0v) is 23.0. The lowest BCUT2D eigenvalue weighted by molar-refractivity contribution is -0.134. The summed E-state index contributed by atoms with van der Waals surface area (Å²) in [6.07, 6.45) is 0.294. The molecule has 1 aliphatic rings. The maximum absolute atomic E-state index is 13.3. The second kappa shape index (κ2) is 14.0. The second-order valence-corrected chi connectivity index (χ2v) is 10.7. The Morgan fingerprint density at radius 3 is 2.33 bits per heavy atom. The topological polar surface area (TPSA) is 174 Å². The van der Waals surface area contributed by atoms with Gasteiger partial charge in [-0.1, -0.05) is 43.7 Å². The van der Waals surface area contributed by atoms with Crippen molar-refractivity contribution < 1.29 is 33.5 Å². The molecule has 4 N–H and O–H groups in total. The molecule has 3 rings (SSSR count). The lowest BCUT2D eigenvalue weighted by Gasteiger charge is -2.36. The van der Waals surface area contributed by atoms with Crippen molar-refractivity contribution in [2.45, 2.75) is 32.7 Å². The van der Waals surface area contributed by atoms with E-state index >= 15 is 0 Å². The van der Waals surface area contributed by atoms with E-state index < -0.39 is 37.7 Å². The molecule has 1 aromatic heterocycles. The van der Waals surface area contributed by atoms with Crippen molar-refractivity contribution in [1.29, 1.82) is 0 Å². The molecule has 13 nitrogen and oxygen atoms in total. The summed E-state index contributed by atoms with van der Waals surface area (Å²) < 4.78 is 17.1. The standard InChI is InChI=1S/C25H35N6O7P/c1-3-5-15-38-25(34)31-13-11-30(12-14-31)24(33)20(17-39(35,36)37)28-23(32)19-16-21(26-4-2)29-22(27-19)18-9-7-6-8-10-18/h6-10,16,20H,3-5,11-15,17H2,1-2H3,(H,28,32)(H,26,27,29)(H2,35,36,37). The van der Waals surface area contributed by atoms with Crippen LogP contribution in [-0.4, -0.2) is 99.0 Å². The number of unbranched alkanes of at least 4 members (excludes halogenated alkanes) is 1. The van der Waals surface area contributed by atoms with E-state index in [0.717, 1.165) is 12.8 Å². The summed E-state index contributed by atoms with van der Waals surface area (Å²) in [7, 11) is -4.69. The average molecular weight is 563 g/mol. The van der Waals surface area contributed by atoms with Crippen LogP contribution in [0.3, 0.4) is 0 Å². The number of hydrogen-bond acceptors (Lipinski definition) is 8. The number of piperazine rings is 1. The monoisotopic (exact) mass is 562 g/mol. The number of amides is 3. The van der Waals surface area contributed by atoms with Gasteiger partial charge in [-0.2, -0.15) is 0 Å². The van der Waals surface area contributed by atoms with E-state index in [1.807, 2.05) is 19.9 Å². The van der Waals surface area contributed by atoms with Gasteiger partial charge in [0.1, 0.15) is 17.6 Å². The molecule has 0 aliphatic carbocycles. The Balaban J connectivity index is 1.75. The van der Waals surface area contributed by atoms with Crippen LogP contribution in [0.1, 0.15) is 37.2 Å². The largest absolute Gasteiger partial charge is 0.449 e. The van der Waals surface area contributed by atoms with Crippen molar-refractivity contribution in [3.8, 4) is 11.4 Å². The van der Waals surface area contributed by atoms with Crippen molar-refractivity contribution >= 4 is 31.3 Å². The summed E-state index contributed by atoms with van der Waals surface area (Å²) in [5, 5.41) is 5.49. The van der Waals surface area contributed by atoms with Gasteiger partial charge in [-0.25, -0.2) is 14.8 Å². The van der Waals surface area contributed by atoms with E-state index in [0.29, 0.717) is 24.5 Å². The van der Waals surface area contributed by atoms with E-state index in [4.69, 9.17) is 4.74 Å². The molecule has 0 radical (unpaired) electrons. The SMILES string of the molecule is CCCCOC(=O)N1CCN(C(=O)C(CP(=O)(O)O)NC(=O)c2cc(NCC)nc(-c3ccccc3)n2)CC1. The van der Waals surface area contributed by atoms with Crippen LogP contribution in [0.4, 0.5) is 10.6 Å². The Morgan fingerprint density at radius 2 is 1.72 bits per heavy atom. The molecule has 0 bridgehead atoms. The minimum absolute atomic E-state index is 0.0667. The third-order valence-corrected chi connectivity index (χ3v) is 6.79. The average Bonchev–Trinajstić information content (AvgIpc) is 2.92. The molecule has 1 aromatic carbocycles. The summed E-state index contributed by atoms with van der Waals surface area (Å²) >= 11 is 0. The third kappa shape index (κ3) is 9.02. The van der Waals surface area contributed by atoms with Crippen LogP contribution >= 0.6 is 7.60 Å². The Morgan fingerprint density at radius 1 is 1.05 bits per heavy atom. The molecule has 1 aliphatic heterocycles. The van der Waals surface area contributed by atoms with Crippen LogP contribution in [0.2, 0.25) is 0 Å². The number of carbonyl (C=O) groups excluding carboxylic acids is 3. The van der Waals surface area contributed by atoms with Crippen molar-refractivity contribution in [2.75, 3.05) is 50.8 Å². The third-order valence-electron chi connectivity index (χ3n) is 5.95. The number of rotatable bonds is 11. The molecule has 39 heavy (non-hydrogen) atoms. The van der Waals surface area contributed by atoms with Gasteiger partial charge in [-0.3, -0.25) is 14.2 Å². The van der Waals surface area contributed by atoms with Gasteiger partial charge in [0, 0.05) is 44.4 Å². The Labute approximate surface area is 227 Å². The van der Waals surface area contributed by atoms with Crippen LogP contribution in [0, 0.1) is 0 Å². The smallest absolute Gasteiger partial charge is 0.409 e. The molecule has 14 heteroatoms. The molecule has 212 valence electrons. The Kier molecular flexibility index (Phi) is 10.8. The van der Waals surface area contributed by atoms with Crippen molar-refractivity contribution in [2.24, 2.45) is 0 Å². The summed E-state index contributed by atoms with van der Waals surface area (Å²) in [5.74, 6) is -0.774. The number of aromatic nitrogens is 2. The normalized spacial score (nSPS) is 14.5. The summed E-state index contributed by atoms with van der Waals surface area (Å²) in [6, 6.07) is 8.92. The van der Waals surface area contributed by atoms with Crippen molar-refractivity contribution in [3.63, 3.8) is 0 Å². The zero-order valence-electron chi connectivity index (χ0n) is 22.1. The van der Waals surface area contributed by atoms with Crippen LogP contribution in [-0.2, 0) is 14.1 Å². The van der Waals surface area contributed by atoms with Crippen LogP contribution in [0.25, 0.3) is 11.4 Å². The van der Waals surface area contributed by atoms with Crippen LogP contribution in [0.15, 0.2) is 36.4 Å².